The van der Waals surface area contributed by atoms with Crippen molar-refractivity contribution in [1.82, 2.24) is 4.57 Å². The van der Waals surface area contributed by atoms with E-state index in [2.05, 4.69) is 32.3 Å². The summed E-state index contributed by atoms with van der Waals surface area (Å²) >= 11 is 0. The number of aromatic carboxylic acids is 1. The SMILES string of the molecule is CCc1cc(C(=O)O)cc2c(C(C)C)c(C)n(CCN)c12. The highest BCUT2D eigenvalue weighted by Crippen LogP contribution is 2.34. The third-order valence-corrected chi connectivity index (χ3v) is 4.10. The monoisotopic (exact) mass is 288 g/mol. The Kier molecular flexibility index (Phi) is 4.37. The molecule has 0 saturated heterocycles. The molecule has 0 aliphatic carbocycles. The Bertz CT molecular complexity index is 684. The molecule has 0 spiro atoms. The van der Waals surface area contributed by atoms with E-state index in [4.69, 9.17) is 5.73 Å². The van der Waals surface area contributed by atoms with E-state index in [-0.39, 0.29) is 0 Å². The predicted molar refractivity (Wildman–Crippen MR) is 86.2 cm³/mol. The number of aryl methyl sites for hydroxylation is 1. The zero-order chi connectivity index (χ0) is 15.7. The average Bonchev–Trinajstić information content (AvgIpc) is 2.71. The third-order valence-electron chi connectivity index (χ3n) is 4.10. The van der Waals surface area contributed by atoms with Gasteiger partial charge in [0.25, 0.3) is 0 Å². The van der Waals surface area contributed by atoms with E-state index >= 15 is 0 Å². The maximum Gasteiger partial charge on any atom is 0.335 e. The van der Waals surface area contributed by atoms with Gasteiger partial charge in [-0.25, -0.2) is 4.79 Å². The van der Waals surface area contributed by atoms with E-state index in [9.17, 15) is 9.90 Å². The standard InChI is InChI=1S/C17H24N2O2/c1-5-12-8-13(17(20)21)9-14-15(10(2)3)11(4)19(7-6-18)16(12)14/h8-10H,5-7,18H2,1-4H3,(H,20,21). The van der Waals surface area contributed by atoms with Gasteiger partial charge in [-0.3, -0.25) is 0 Å². The number of hydrogen-bond donors (Lipinski definition) is 2. The molecule has 0 atom stereocenters. The second-order valence-electron chi connectivity index (χ2n) is 5.78. The molecule has 0 amide bonds. The van der Waals surface area contributed by atoms with Gasteiger partial charge in [0.1, 0.15) is 0 Å². The Labute approximate surface area is 125 Å². The molecule has 0 unspecified atom stereocenters. The summed E-state index contributed by atoms with van der Waals surface area (Å²) in [5, 5.41) is 10.4. The van der Waals surface area contributed by atoms with Crippen LogP contribution < -0.4 is 5.73 Å². The van der Waals surface area contributed by atoms with Gasteiger partial charge >= 0.3 is 5.97 Å². The average molecular weight is 288 g/mol. The zero-order valence-corrected chi connectivity index (χ0v) is 13.2. The van der Waals surface area contributed by atoms with Crippen LogP contribution in [0.15, 0.2) is 12.1 Å². The number of carbonyl (C=O) groups is 1. The number of nitrogens with two attached hydrogens (primary N) is 1. The number of nitrogens with zero attached hydrogens (tertiary/aromatic N) is 1. The number of fused-ring (bicyclic) bond motifs is 1. The molecule has 0 fully saturated rings. The first-order valence-electron chi connectivity index (χ1n) is 7.51. The van der Waals surface area contributed by atoms with Crippen molar-refractivity contribution in [2.45, 2.75) is 46.6 Å². The number of rotatable bonds is 5. The number of benzene rings is 1. The van der Waals surface area contributed by atoms with Crippen LogP contribution in [0.1, 0.15) is 53.9 Å². The molecule has 21 heavy (non-hydrogen) atoms. The molecule has 0 radical (unpaired) electrons. The lowest BCUT2D eigenvalue weighted by Gasteiger charge is -2.10. The molecule has 4 heteroatoms. The first kappa shape index (κ1) is 15.6. The van der Waals surface area contributed by atoms with Crippen molar-refractivity contribution in [1.29, 1.82) is 0 Å². The fraction of sp³-hybridized carbons (Fsp3) is 0.471. The maximum atomic E-state index is 11.4. The van der Waals surface area contributed by atoms with E-state index in [1.165, 1.54) is 11.3 Å². The van der Waals surface area contributed by atoms with Gasteiger partial charge in [-0.15, -0.1) is 0 Å². The van der Waals surface area contributed by atoms with Crippen molar-refractivity contribution in [2.75, 3.05) is 6.54 Å². The van der Waals surface area contributed by atoms with Crippen LogP contribution in [0.3, 0.4) is 0 Å². The van der Waals surface area contributed by atoms with E-state index < -0.39 is 5.97 Å². The first-order chi connectivity index (χ1) is 9.92. The molecular formula is C17H24N2O2. The molecule has 2 rings (SSSR count). The number of hydrogen-bond acceptors (Lipinski definition) is 2. The molecule has 114 valence electrons. The van der Waals surface area contributed by atoms with Crippen LogP contribution in [0.25, 0.3) is 10.9 Å². The van der Waals surface area contributed by atoms with Crippen molar-refractivity contribution >= 4 is 16.9 Å². The minimum Gasteiger partial charge on any atom is -0.478 e. The van der Waals surface area contributed by atoms with Crippen LogP contribution in [0.4, 0.5) is 0 Å². The van der Waals surface area contributed by atoms with E-state index in [1.54, 1.807) is 6.07 Å². The van der Waals surface area contributed by atoms with Crippen LogP contribution >= 0.6 is 0 Å². The van der Waals surface area contributed by atoms with Crippen molar-refractivity contribution in [3.63, 3.8) is 0 Å². The van der Waals surface area contributed by atoms with Gasteiger partial charge in [-0.2, -0.15) is 0 Å². The fourth-order valence-corrected chi connectivity index (χ4v) is 3.26. The molecule has 1 aromatic carbocycles. The summed E-state index contributed by atoms with van der Waals surface area (Å²) < 4.78 is 2.25. The minimum atomic E-state index is -0.870. The maximum absolute atomic E-state index is 11.4. The first-order valence-corrected chi connectivity index (χ1v) is 7.51. The molecule has 0 saturated carbocycles. The molecule has 1 heterocycles. The van der Waals surface area contributed by atoms with Crippen molar-refractivity contribution < 1.29 is 9.90 Å². The predicted octanol–water partition coefficient (Wildman–Crippen LogP) is 3.29. The molecule has 0 bridgehead atoms. The second kappa shape index (κ2) is 5.90. The summed E-state index contributed by atoms with van der Waals surface area (Å²) in [6.45, 7) is 9.79. The van der Waals surface area contributed by atoms with Crippen LogP contribution in [-0.4, -0.2) is 22.2 Å². The second-order valence-corrected chi connectivity index (χ2v) is 5.78. The van der Waals surface area contributed by atoms with Gasteiger partial charge in [0.2, 0.25) is 0 Å². The summed E-state index contributed by atoms with van der Waals surface area (Å²) in [7, 11) is 0. The third kappa shape index (κ3) is 2.56. The Balaban J connectivity index is 2.92. The Morgan fingerprint density at radius 3 is 2.52 bits per heavy atom. The van der Waals surface area contributed by atoms with Gasteiger partial charge in [-0.1, -0.05) is 20.8 Å². The van der Waals surface area contributed by atoms with Crippen LogP contribution in [0.2, 0.25) is 0 Å². The summed E-state index contributed by atoms with van der Waals surface area (Å²) in [4.78, 5) is 11.4. The molecule has 0 aliphatic rings. The summed E-state index contributed by atoms with van der Waals surface area (Å²) in [6, 6.07) is 3.60. The molecule has 3 N–H and O–H groups in total. The topological polar surface area (TPSA) is 68.2 Å². The van der Waals surface area contributed by atoms with Crippen LogP contribution in [-0.2, 0) is 13.0 Å². The van der Waals surface area contributed by atoms with Crippen molar-refractivity contribution in [3.8, 4) is 0 Å². The lowest BCUT2D eigenvalue weighted by Crippen LogP contribution is -2.12. The minimum absolute atomic E-state index is 0.347. The number of carboxylic acids is 1. The number of aromatic nitrogens is 1. The highest BCUT2D eigenvalue weighted by Gasteiger charge is 2.20. The molecule has 1 aromatic heterocycles. The molecule has 4 nitrogen and oxygen atoms in total. The highest BCUT2D eigenvalue weighted by atomic mass is 16.4. The Morgan fingerprint density at radius 1 is 1.38 bits per heavy atom. The van der Waals surface area contributed by atoms with Gasteiger partial charge in [0.05, 0.1) is 11.1 Å². The van der Waals surface area contributed by atoms with Crippen molar-refractivity contribution in [3.05, 3.63) is 34.5 Å². The van der Waals surface area contributed by atoms with E-state index in [0.717, 1.165) is 29.4 Å². The Hall–Kier alpha value is -1.81. The summed E-state index contributed by atoms with van der Waals surface area (Å²) in [6.07, 6.45) is 0.809. The van der Waals surface area contributed by atoms with Crippen LogP contribution in [0, 0.1) is 6.92 Å². The highest BCUT2D eigenvalue weighted by molar-refractivity contribution is 5.97. The van der Waals surface area contributed by atoms with E-state index in [0.29, 0.717) is 18.0 Å². The van der Waals surface area contributed by atoms with Crippen LogP contribution in [0.5, 0.6) is 0 Å². The van der Waals surface area contributed by atoms with E-state index in [1.807, 2.05) is 6.07 Å². The van der Waals surface area contributed by atoms with Gasteiger partial charge in [-0.05, 0) is 42.5 Å². The summed E-state index contributed by atoms with van der Waals surface area (Å²) in [5.74, 6) is -0.522. The lowest BCUT2D eigenvalue weighted by molar-refractivity contribution is 0.0697. The normalized spacial score (nSPS) is 11.5. The quantitative estimate of drug-likeness (QED) is 0.887. The number of carboxylic acid groups (broad SMARTS) is 1. The molecule has 2 aromatic rings. The largest absolute Gasteiger partial charge is 0.478 e. The van der Waals surface area contributed by atoms with Gasteiger partial charge in [0, 0.05) is 24.2 Å². The fourth-order valence-electron chi connectivity index (χ4n) is 3.26. The molecule has 0 aliphatic heterocycles. The molecular weight excluding hydrogens is 264 g/mol. The Morgan fingerprint density at radius 2 is 2.05 bits per heavy atom. The zero-order valence-electron chi connectivity index (χ0n) is 13.2. The van der Waals surface area contributed by atoms with Gasteiger partial charge in [0.15, 0.2) is 0 Å². The summed E-state index contributed by atoms with van der Waals surface area (Å²) in [5.41, 5.74) is 10.8. The van der Waals surface area contributed by atoms with Gasteiger partial charge < -0.3 is 15.4 Å². The van der Waals surface area contributed by atoms with Crippen molar-refractivity contribution in [2.24, 2.45) is 5.73 Å². The lowest BCUT2D eigenvalue weighted by atomic mass is 9.96. The smallest absolute Gasteiger partial charge is 0.335 e.